The maximum absolute atomic E-state index is 13.4. The molecule has 0 saturated carbocycles. The van der Waals surface area contributed by atoms with Crippen LogP contribution in [0.25, 0.3) is 6.08 Å². The Morgan fingerprint density at radius 1 is 1.11 bits per heavy atom. The Balaban J connectivity index is 1.68. The van der Waals surface area contributed by atoms with Crippen molar-refractivity contribution >= 4 is 23.4 Å². The number of aromatic nitrogens is 2. The molecule has 4 aromatic rings. The standard InChI is InChI=1S/C29H27FN4O4/c1-18-4-3-5-20(14-18)17-34-28(36)26(33-29(34)37)16-24(25(31)15-19-6-8-21(30)9-7-19)27(35)32-22-10-12-23(38-2)13-11-22/h3-14,16,31,36H,15,17H2,1-2H3,(H,32,35)(H,33,37)/b24-16-,31-25?. The number of aromatic hydroxyl groups is 1. The van der Waals surface area contributed by atoms with Crippen molar-refractivity contribution in [2.24, 2.45) is 0 Å². The fourth-order valence-electron chi connectivity index (χ4n) is 3.93. The molecule has 1 amide bonds. The minimum Gasteiger partial charge on any atom is -0.497 e. The lowest BCUT2D eigenvalue weighted by Crippen LogP contribution is -2.21. The molecule has 0 aliphatic carbocycles. The summed E-state index contributed by atoms with van der Waals surface area (Å²) in [6.07, 6.45) is 1.30. The van der Waals surface area contributed by atoms with E-state index in [1.807, 2.05) is 31.2 Å². The van der Waals surface area contributed by atoms with Crippen LogP contribution < -0.4 is 15.7 Å². The van der Waals surface area contributed by atoms with Crippen LogP contribution in [-0.4, -0.2) is 33.4 Å². The van der Waals surface area contributed by atoms with Crippen molar-refractivity contribution in [1.82, 2.24) is 9.55 Å². The molecule has 1 heterocycles. The van der Waals surface area contributed by atoms with E-state index >= 15 is 0 Å². The number of carbonyl (C=O) groups is 1. The van der Waals surface area contributed by atoms with Crippen LogP contribution >= 0.6 is 0 Å². The van der Waals surface area contributed by atoms with Gasteiger partial charge in [0, 0.05) is 17.8 Å². The zero-order valence-electron chi connectivity index (χ0n) is 20.9. The quantitative estimate of drug-likeness (QED) is 0.192. The summed E-state index contributed by atoms with van der Waals surface area (Å²) in [6, 6.07) is 19.8. The summed E-state index contributed by atoms with van der Waals surface area (Å²) >= 11 is 0. The minimum absolute atomic E-state index is 0.00797. The van der Waals surface area contributed by atoms with E-state index in [9.17, 15) is 19.1 Å². The van der Waals surface area contributed by atoms with E-state index in [1.54, 1.807) is 24.3 Å². The number of aryl methyl sites for hydroxylation is 1. The lowest BCUT2D eigenvalue weighted by atomic mass is 10.0. The highest BCUT2D eigenvalue weighted by atomic mass is 19.1. The first-order valence-electron chi connectivity index (χ1n) is 11.8. The Morgan fingerprint density at radius 3 is 2.47 bits per heavy atom. The molecule has 1 aromatic heterocycles. The zero-order chi connectivity index (χ0) is 27.2. The smallest absolute Gasteiger partial charge is 0.329 e. The van der Waals surface area contributed by atoms with Crippen LogP contribution in [0.5, 0.6) is 11.6 Å². The third-order valence-electron chi connectivity index (χ3n) is 5.91. The number of ether oxygens (including phenoxy) is 1. The van der Waals surface area contributed by atoms with Crippen LogP contribution in [0, 0.1) is 18.2 Å². The molecule has 8 nitrogen and oxygen atoms in total. The van der Waals surface area contributed by atoms with E-state index in [0.717, 1.165) is 15.7 Å². The van der Waals surface area contributed by atoms with Gasteiger partial charge in [0.2, 0.25) is 5.88 Å². The van der Waals surface area contributed by atoms with Gasteiger partial charge < -0.3 is 25.6 Å². The van der Waals surface area contributed by atoms with E-state index in [-0.39, 0.29) is 35.8 Å². The number of methoxy groups -OCH3 is 1. The van der Waals surface area contributed by atoms with Gasteiger partial charge in [-0.05, 0) is 60.5 Å². The van der Waals surface area contributed by atoms with Crippen molar-refractivity contribution in [3.05, 3.63) is 117 Å². The zero-order valence-corrected chi connectivity index (χ0v) is 20.9. The van der Waals surface area contributed by atoms with Gasteiger partial charge in [0.25, 0.3) is 5.91 Å². The third kappa shape index (κ3) is 6.25. The number of anilines is 1. The molecule has 0 aliphatic heterocycles. The summed E-state index contributed by atoms with van der Waals surface area (Å²) in [5.41, 5.74) is 2.18. The number of hydrogen-bond donors (Lipinski definition) is 4. The van der Waals surface area contributed by atoms with Gasteiger partial charge in [-0.1, -0.05) is 42.0 Å². The molecule has 0 saturated heterocycles. The van der Waals surface area contributed by atoms with Crippen molar-refractivity contribution in [3.63, 3.8) is 0 Å². The highest BCUT2D eigenvalue weighted by Crippen LogP contribution is 2.21. The molecule has 0 aliphatic rings. The fraction of sp³-hybridized carbons (Fsp3) is 0.138. The lowest BCUT2D eigenvalue weighted by molar-refractivity contribution is -0.112. The Bertz CT molecular complexity index is 1550. The summed E-state index contributed by atoms with van der Waals surface area (Å²) in [4.78, 5) is 28.5. The molecular weight excluding hydrogens is 487 g/mol. The molecule has 9 heteroatoms. The number of amides is 1. The number of imidazole rings is 1. The molecule has 194 valence electrons. The van der Waals surface area contributed by atoms with Gasteiger partial charge in [-0.15, -0.1) is 0 Å². The third-order valence-corrected chi connectivity index (χ3v) is 5.91. The van der Waals surface area contributed by atoms with Gasteiger partial charge in [-0.2, -0.15) is 0 Å². The van der Waals surface area contributed by atoms with Crippen LogP contribution in [0.4, 0.5) is 10.1 Å². The first-order valence-corrected chi connectivity index (χ1v) is 11.8. The predicted molar refractivity (Wildman–Crippen MR) is 144 cm³/mol. The monoisotopic (exact) mass is 514 g/mol. The first-order chi connectivity index (χ1) is 18.2. The predicted octanol–water partition coefficient (Wildman–Crippen LogP) is 4.67. The number of H-pyrrole nitrogens is 1. The van der Waals surface area contributed by atoms with E-state index in [2.05, 4.69) is 10.3 Å². The molecule has 0 radical (unpaired) electrons. The lowest BCUT2D eigenvalue weighted by Gasteiger charge is -2.11. The number of halogens is 1. The number of benzene rings is 3. The van der Waals surface area contributed by atoms with Crippen molar-refractivity contribution in [3.8, 4) is 11.6 Å². The van der Waals surface area contributed by atoms with Crippen molar-refractivity contribution in [1.29, 1.82) is 5.41 Å². The van der Waals surface area contributed by atoms with Crippen molar-refractivity contribution < 1.29 is 19.0 Å². The second-order valence-corrected chi connectivity index (χ2v) is 8.77. The molecule has 0 spiro atoms. The van der Waals surface area contributed by atoms with Gasteiger partial charge in [-0.25, -0.2) is 9.18 Å². The fourth-order valence-corrected chi connectivity index (χ4v) is 3.93. The molecular formula is C29H27FN4O4. The van der Waals surface area contributed by atoms with E-state index in [1.165, 1.54) is 37.5 Å². The minimum atomic E-state index is -0.617. The number of aromatic amines is 1. The van der Waals surface area contributed by atoms with Crippen LogP contribution in [0.15, 0.2) is 83.2 Å². The summed E-state index contributed by atoms with van der Waals surface area (Å²) in [7, 11) is 1.53. The first kappa shape index (κ1) is 26.2. The Morgan fingerprint density at radius 2 is 1.82 bits per heavy atom. The number of nitrogens with one attached hydrogen (secondary N) is 3. The molecule has 3 aromatic carbocycles. The Kier molecular flexibility index (Phi) is 7.86. The van der Waals surface area contributed by atoms with E-state index < -0.39 is 17.4 Å². The maximum atomic E-state index is 13.4. The van der Waals surface area contributed by atoms with Crippen LogP contribution in [0.3, 0.4) is 0 Å². The Labute approximate surface area is 218 Å². The summed E-state index contributed by atoms with van der Waals surface area (Å²) in [6.45, 7) is 2.05. The van der Waals surface area contributed by atoms with Gasteiger partial charge in [0.15, 0.2) is 0 Å². The second-order valence-electron chi connectivity index (χ2n) is 8.77. The molecule has 0 bridgehead atoms. The average Bonchev–Trinajstić information content (AvgIpc) is 3.16. The van der Waals surface area contributed by atoms with E-state index in [0.29, 0.717) is 17.0 Å². The van der Waals surface area contributed by atoms with Gasteiger partial charge >= 0.3 is 5.69 Å². The molecule has 4 rings (SSSR count). The summed E-state index contributed by atoms with van der Waals surface area (Å²) in [5.74, 6) is -0.777. The second kappa shape index (κ2) is 11.4. The normalized spacial score (nSPS) is 11.3. The number of hydrogen-bond acceptors (Lipinski definition) is 5. The number of rotatable bonds is 9. The van der Waals surface area contributed by atoms with Crippen LogP contribution in [0.2, 0.25) is 0 Å². The summed E-state index contributed by atoms with van der Waals surface area (Å²) < 4.78 is 19.7. The molecule has 38 heavy (non-hydrogen) atoms. The topological polar surface area (TPSA) is 120 Å². The van der Waals surface area contributed by atoms with Gasteiger partial charge in [-0.3, -0.25) is 9.36 Å². The van der Waals surface area contributed by atoms with Gasteiger partial charge in [0.05, 0.1) is 19.2 Å². The molecule has 0 atom stereocenters. The molecule has 0 unspecified atom stereocenters. The van der Waals surface area contributed by atoms with Crippen molar-refractivity contribution in [2.75, 3.05) is 12.4 Å². The van der Waals surface area contributed by atoms with Crippen molar-refractivity contribution in [2.45, 2.75) is 19.9 Å². The summed E-state index contributed by atoms with van der Waals surface area (Å²) in [5, 5.41) is 22.2. The average molecular weight is 515 g/mol. The molecule has 0 fully saturated rings. The largest absolute Gasteiger partial charge is 0.497 e. The van der Waals surface area contributed by atoms with Gasteiger partial charge in [0.1, 0.15) is 17.3 Å². The molecule has 4 N–H and O–H groups in total. The maximum Gasteiger partial charge on any atom is 0.329 e. The highest BCUT2D eigenvalue weighted by Gasteiger charge is 2.20. The number of nitrogens with zero attached hydrogens (tertiary/aromatic N) is 1. The van der Waals surface area contributed by atoms with E-state index in [4.69, 9.17) is 10.1 Å². The van der Waals surface area contributed by atoms with Crippen LogP contribution in [-0.2, 0) is 17.8 Å². The number of carbonyl (C=O) groups excluding carboxylic acids is 1. The highest BCUT2D eigenvalue weighted by molar-refractivity contribution is 6.27. The van der Waals surface area contributed by atoms with Crippen LogP contribution in [0.1, 0.15) is 22.4 Å². The SMILES string of the molecule is COc1ccc(NC(=O)/C(=C\c2[nH]c(=O)n(Cc3cccc(C)c3)c2O)C(=N)Cc2ccc(F)cc2)cc1. The Hall–Kier alpha value is -4.92.